The molecule has 2 aromatic carbocycles. The van der Waals surface area contributed by atoms with Gasteiger partial charge in [0.05, 0.1) is 11.2 Å². The number of hydrogen-bond acceptors (Lipinski definition) is 5. The van der Waals surface area contributed by atoms with E-state index in [1.165, 1.54) is 0 Å². The van der Waals surface area contributed by atoms with Crippen LogP contribution in [0.1, 0.15) is 10.4 Å². The molecular weight excluding hydrogens is 304 g/mol. The molecule has 0 fully saturated rings. The predicted octanol–water partition coefficient (Wildman–Crippen LogP) is 2.67. The first-order chi connectivity index (χ1) is 11.8. The maximum absolute atomic E-state index is 12.5. The maximum atomic E-state index is 12.5. The predicted molar refractivity (Wildman–Crippen MR) is 89.3 cm³/mol. The summed E-state index contributed by atoms with van der Waals surface area (Å²) in [6.45, 7) is 0. The number of hydrogen-bond donors (Lipinski definition) is 2. The summed E-state index contributed by atoms with van der Waals surface area (Å²) in [6, 6.07) is 16.5. The second-order valence-corrected chi connectivity index (χ2v) is 5.15. The molecule has 2 N–H and O–H groups in total. The molecule has 1 amide bonds. The van der Waals surface area contributed by atoms with Crippen molar-refractivity contribution in [3.8, 4) is 11.4 Å². The molecule has 0 bridgehead atoms. The minimum Gasteiger partial charge on any atom is -0.320 e. The Balaban J connectivity index is 1.60. The van der Waals surface area contributed by atoms with E-state index in [1.54, 1.807) is 30.5 Å². The van der Waals surface area contributed by atoms with Crippen molar-refractivity contribution in [1.82, 2.24) is 25.6 Å². The number of nitrogens with one attached hydrogen (secondary N) is 2. The number of para-hydroxylation sites is 1. The molecule has 7 heteroatoms. The first-order valence-corrected chi connectivity index (χ1v) is 7.30. The standard InChI is InChI=1S/C17H12N6O/c24-17(13-8-6-12(7-9-13)16-20-22-23-21-16)19-14-5-1-3-11-4-2-10-18-15(11)14/h1-10H,(H,19,24)(H,20,21,22,23). The fourth-order valence-corrected chi connectivity index (χ4v) is 2.45. The van der Waals surface area contributed by atoms with Crippen LogP contribution in [-0.2, 0) is 0 Å². The fraction of sp³-hybridized carbons (Fsp3) is 0. The molecule has 0 aliphatic rings. The Hall–Kier alpha value is -3.61. The lowest BCUT2D eigenvalue weighted by atomic mass is 10.1. The topological polar surface area (TPSA) is 96.5 Å². The monoisotopic (exact) mass is 316 g/mol. The summed E-state index contributed by atoms with van der Waals surface area (Å²) < 4.78 is 0. The van der Waals surface area contributed by atoms with Crippen LogP contribution in [0.4, 0.5) is 5.69 Å². The van der Waals surface area contributed by atoms with E-state index in [0.717, 1.165) is 16.5 Å². The summed E-state index contributed by atoms with van der Waals surface area (Å²) in [5.41, 5.74) is 2.76. The number of carbonyl (C=O) groups is 1. The van der Waals surface area contributed by atoms with E-state index >= 15 is 0 Å². The highest BCUT2D eigenvalue weighted by atomic mass is 16.1. The van der Waals surface area contributed by atoms with Crippen molar-refractivity contribution >= 4 is 22.5 Å². The largest absolute Gasteiger partial charge is 0.320 e. The number of amides is 1. The molecule has 24 heavy (non-hydrogen) atoms. The van der Waals surface area contributed by atoms with Gasteiger partial charge in [0.15, 0.2) is 0 Å². The van der Waals surface area contributed by atoms with E-state index in [2.05, 4.69) is 30.9 Å². The quantitative estimate of drug-likeness (QED) is 0.605. The van der Waals surface area contributed by atoms with Gasteiger partial charge in [0.1, 0.15) is 0 Å². The number of carbonyl (C=O) groups excluding carboxylic acids is 1. The first-order valence-electron chi connectivity index (χ1n) is 7.30. The van der Waals surface area contributed by atoms with Crippen LogP contribution >= 0.6 is 0 Å². The van der Waals surface area contributed by atoms with Crippen LogP contribution in [0.15, 0.2) is 60.8 Å². The molecule has 2 aromatic heterocycles. The molecule has 7 nitrogen and oxygen atoms in total. The molecule has 0 aliphatic carbocycles. The van der Waals surface area contributed by atoms with E-state index in [9.17, 15) is 4.79 Å². The zero-order chi connectivity index (χ0) is 16.4. The minimum absolute atomic E-state index is 0.201. The van der Waals surface area contributed by atoms with Gasteiger partial charge < -0.3 is 5.32 Å². The summed E-state index contributed by atoms with van der Waals surface area (Å²) >= 11 is 0. The maximum Gasteiger partial charge on any atom is 0.255 e. The minimum atomic E-state index is -0.201. The lowest BCUT2D eigenvalue weighted by Crippen LogP contribution is -2.12. The van der Waals surface area contributed by atoms with Gasteiger partial charge in [-0.3, -0.25) is 9.78 Å². The molecule has 2 heterocycles. The molecule has 0 aliphatic heterocycles. The van der Waals surface area contributed by atoms with E-state index in [0.29, 0.717) is 17.1 Å². The molecule has 0 unspecified atom stereocenters. The van der Waals surface area contributed by atoms with Gasteiger partial charge in [0.2, 0.25) is 5.82 Å². The SMILES string of the molecule is O=C(Nc1cccc2cccnc12)c1ccc(-c2nn[nH]n2)cc1. The number of rotatable bonds is 3. The summed E-state index contributed by atoms with van der Waals surface area (Å²) in [4.78, 5) is 16.8. The fourth-order valence-electron chi connectivity index (χ4n) is 2.45. The second kappa shape index (κ2) is 5.88. The number of aromatic nitrogens is 5. The van der Waals surface area contributed by atoms with Crippen LogP contribution < -0.4 is 5.32 Å². The summed E-state index contributed by atoms with van der Waals surface area (Å²) in [5, 5.41) is 17.6. The Bertz CT molecular complexity index is 990. The van der Waals surface area contributed by atoms with Crippen molar-refractivity contribution in [2.24, 2.45) is 0 Å². The molecule has 0 spiro atoms. The van der Waals surface area contributed by atoms with Gasteiger partial charge in [0, 0.05) is 22.7 Å². The zero-order valence-electron chi connectivity index (χ0n) is 12.5. The number of aromatic amines is 1. The Morgan fingerprint density at radius 1 is 1.00 bits per heavy atom. The van der Waals surface area contributed by atoms with Crippen LogP contribution in [0.3, 0.4) is 0 Å². The van der Waals surface area contributed by atoms with Gasteiger partial charge >= 0.3 is 0 Å². The average molecular weight is 316 g/mol. The highest BCUT2D eigenvalue weighted by molar-refractivity contribution is 6.08. The lowest BCUT2D eigenvalue weighted by Gasteiger charge is -2.08. The number of fused-ring (bicyclic) bond motifs is 1. The Labute approximate surface area is 136 Å². The Morgan fingerprint density at radius 3 is 2.62 bits per heavy atom. The molecule has 0 atom stereocenters. The van der Waals surface area contributed by atoms with Crippen molar-refractivity contribution in [3.63, 3.8) is 0 Å². The van der Waals surface area contributed by atoms with E-state index in [1.807, 2.05) is 30.3 Å². The van der Waals surface area contributed by atoms with Crippen molar-refractivity contribution in [2.75, 3.05) is 5.32 Å². The third-order valence-corrected chi connectivity index (χ3v) is 3.63. The van der Waals surface area contributed by atoms with E-state index in [4.69, 9.17) is 0 Å². The van der Waals surface area contributed by atoms with Gasteiger partial charge in [-0.25, -0.2) is 0 Å². The Morgan fingerprint density at radius 2 is 1.83 bits per heavy atom. The van der Waals surface area contributed by atoms with Crippen LogP contribution in [0, 0.1) is 0 Å². The van der Waals surface area contributed by atoms with E-state index in [-0.39, 0.29) is 5.91 Å². The molecule has 116 valence electrons. The molecular formula is C17H12N6O. The van der Waals surface area contributed by atoms with Crippen LogP contribution in [0.2, 0.25) is 0 Å². The highest BCUT2D eigenvalue weighted by Crippen LogP contribution is 2.21. The summed E-state index contributed by atoms with van der Waals surface area (Å²) in [6.07, 6.45) is 1.71. The molecule has 4 rings (SSSR count). The number of benzene rings is 2. The molecule has 4 aromatic rings. The molecule has 0 radical (unpaired) electrons. The second-order valence-electron chi connectivity index (χ2n) is 5.15. The van der Waals surface area contributed by atoms with Gasteiger partial charge in [0.25, 0.3) is 5.91 Å². The summed E-state index contributed by atoms with van der Waals surface area (Å²) in [5.74, 6) is 0.285. The smallest absolute Gasteiger partial charge is 0.255 e. The van der Waals surface area contributed by atoms with Gasteiger partial charge in [-0.05, 0) is 29.5 Å². The van der Waals surface area contributed by atoms with Crippen molar-refractivity contribution in [2.45, 2.75) is 0 Å². The van der Waals surface area contributed by atoms with Crippen molar-refractivity contribution in [3.05, 3.63) is 66.4 Å². The van der Waals surface area contributed by atoms with Crippen molar-refractivity contribution in [1.29, 1.82) is 0 Å². The number of pyridine rings is 1. The number of H-pyrrole nitrogens is 1. The third kappa shape index (κ3) is 2.58. The number of anilines is 1. The van der Waals surface area contributed by atoms with Crippen LogP contribution in [-0.4, -0.2) is 31.5 Å². The first kappa shape index (κ1) is 14.0. The highest BCUT2D eigenvalue weighted by Gasteiger charge is 2.10. The van der Waals surface area contributed by atoms with Crippen LogP contribution in [0.25, 0.3) is 22.3 Å². The number of nitrogens with zero attached hydrogens (tertiary/aromatic N) is 4. The third-order valence-electron chi connectivity index (χ3n) is 3.63. The average Bonchev–Trinajstić information content (AvgIpc) is 3.17. The summed E-state index contributed by atoms with van der Waals surface area (Å²) in [7, 11) is 0. The normalized spacial score (nSPS) is 10.7. The van der Waals surface area contributed by atoms with E-state index < -0.39 is 0 Å². The van der Waals surface area contributed by atoms with Gasteiger partial charge in [-0.15, -0.1) is 10.2 Å². The van der Waals surface area contributed by atoms with Crippen LogP contribution in [0.5, 0.6) is 0 Å². The van der Waals surface area contributed by atoms with Gasteiger partial charge in [-0.1, -0.05) is 30.3 Å². The van der Waals surface area contributed by atoms with Crippen molar-refractivity contribution < 1.29 is 4.79 Å². The molecule has 0 saturated heterocycles. The lowest BCUT2D eigenvalue weighted by molar-refractivity contribution is 0.102. The zero-order valence-corrected chi connectivity index (χ0v) is 12.5. The number of tetrazole rings is 1. The Kier molecular flexibility index (Phi) is 3.43. The van der Waals surface area contributed by atoms with Gasteiger partial charge in [-0.2, -0.15) is 5.21 Å². The molecule has 0 saturated carbocycles.